The van der Waals surface area contributed by atoms with Crippen molar-refractivity contribution in [3.63, 3.8) is 0 Å². The van der Waals surface area contributed by atoms with Gasteiger partial charge in [-0.05, 0) is 32.1 Å². The zero-order chi connectivity index (χ0) is 35.0. The van der Waals surface area contributed by atoms with E-state index in [4.69, 9.17) is 28.4 Å². The predicted octanol–water partition coefficient (Wildman–Crippen LogP) is 0.0530. The molecule has 8 rings (SSSR count). The summed E-state index contributed by atoms with van der Waals surface area (Å²) >= 11 is 0. The van der Waals surface area contributed by atoms with Gasteiger partial charge in [0.05, 0.1) is 17.6 Å². The molecule has 3 aliphatic heterocycles. The molecule has 0 aromatic carbocycles. The third-order valence-corrected chi connectivity index (χ3v) is 14.7. The molecule has 0 amide bonds. The number of hydrogen-bond donors (Lipinski definition) is 3. The molecule has 264 valence electrons. The zero-order valence-electron chi connectivity index (χ0n) is 28.2. The van der Waals surface area contributed by atoms with Crippen LogP contribution in [-0.4, -0.2) is 105 Å². The Morgan fingerprint density at radius 3 is 2.04 bits per heavy atom. The van der Waals surface area contributed by atoms with Crippen molar-refractivity contribution in [1.82, 2.24) is 0 Å². The number of ether oxygens (including phenoxy) is 6. The third-order valence-electron chi connectivity index (χ3n) is 14.7. The van der Waals surface area contributed by atoms with E-state index < -0.39 is 141 Å². The monoisotopic (exact) mass is 676 g/mol. The van der Waals surface area contributed by atoms with Crippen LogP contribution in [0, 0.1) is 57.7 Å². The van der Waals surface area contributed by atoms with Crippen LogP contribution in [0.15, 0.2) is 0 Å². The van der Waals surface area contributed by atoms with Crippen LogP contribution in [-0.2, 0) is 52.4 Å². The van der Waals surface area contributed by atoms with E-state index in [1.807, 2.05) is 6.92 Å². The van der Waals surface area contributed by atoms with Crippen molar-refractivity contribution in [1.29, 1.82) is 0 Å². The maximum Gasteiger partial charge on any atom is 0.341 e. The van der Waals surface area contributed by atoms with Gasteiger partial charge in [0.15, 0.2) is 11.4 Å². The molecule has 3 saturated heterocycles. The number of ketones is 1. The normalized spacial score (nSPS) is 59.6. The van der Waals surface area contributed by atoms with Crippen molar-refractivity contribution < 1.29 is 67.7 Å². The molecule has 48 heavy (non-hydrogen) atoms. The maximum absolute atomic E-state index is 14.4. The van der Waals surface area contributed by atoms with E-state index in [-0.39, 0.29) is 12.5 Å². The second kappa shape index (κ2) is 9.36. The zero-order valence-corrected chi connectivity index (χ0v) is 28.2. The molecule has 8 aliphatic rings. The van der Waals surface area contributed by atoms with E-state index in [0.717, 1.165) is 0 Å². The summed E-state index contributed by atoms with van der Waals surface area (Å²) in [6.07, 6.45) is -7.90. The first-order valence-corrected chi connectivity index (χ1v) is 16.9. The van der Waals surface area contributed by atoms with E-state index in [9.17, 15) is 39.3 Å². The van der Waals surface area contributed by atoms with Crippen molar-refractivity contribution in [2.45, 2.75) is 122 Å². The Morgan fingerprint density at radius 1 is 0.833 bits per heavy atom. The van der Waals surface area contributed by atoms with E-state index in [2.05, 4.69) is 0 Å². The first kappa shape index (κ1) is 32.5. The van der Waals surface area contributed by atoms with Crippen LogP contribution >= 0.6 is 0 Å². The Bertz CT molecular complexity index is 1540. The molecule has 0 bridgehead atoms. The van der Waals surface area contributed by atoms with Gasteiger partial charge in [0.25, 0.3) is 0 Å². The van der Waals surface area contributed by atoms with Gasteiger partial charge in [-0.2, -0.15) is 0 Å². The number of rotatable bonds is 3. The fourth-order valence-electron chi connectivity index (χ4n) is 12.9. The molecular formula is C34H44O14. The Balaban J connectivity index is 1.38. The van der Waals surface area contributed by atoms with Crippen LogP contribution in [0.25, 0.3) is 0 Å². The molecule has 14 nitrogen and oxygen atoms in total. The van der Waals surface area contributed by atoms with E-state index >= 15 is 0 Å². The summed E-state index contributed by atoms with van der Waals surface area (Å²) in [4.78, 5) is 66.2. The fourth-order valence-corrected chi connectivity index (χ4v) is 12.9. The number of esters is 4. The Morgan fingerprint density at radius 2 is 1.44 bits per heavy atom. The lowest BCUT2D eigenvalue weighted by Crippen LogP contribution is -2.74. The first-order chi connectivity index (χ1) is 22.2. The number of hydrogen-bond acceptors (Lipinski definition) is 14. The highest BCUT2D eigenvalue weighted by Gasteiger charge is 2.93. The molecule has 8 fully saturated rings. The predicted molar refractivity (Wildman–Crippen MR) is 156 cm³/mol. The van der Waals surface area contributed by atoms with Gasteiger partial charge < -0.3 is 43.7 Å². The topological polar surface area (TPSA) is 208 Å². The summed E-state index contributed by atoms with van der Waals surface area (Å²) in [5, 5.41) is 36.8. The summed E-state index contributed by atoms with van der Waals surface area (Å²) in [6, 6.07) is 0. The van der Waals surface area contributed by atoms with Gasteiger partial charge in [-0.1, -0.05) is 20.8 Å². The third kappa shape index (κ3) is 3.39. The molecule has 20 atom stereocenters. The summed E-state index contributed by atoms with van der Waals surface area (Å²) in [5.41, 5.74) is -6.23. The summed E-state index contributed by atoms with van der Waals surface area (Å²) < 4.78 is 36.1. The van der Waals surface area contributed by atoms with Crippen LogP contribution in [0.5, 0.6) is 0 Å². The average Bonchev–Trinajstić information content (AvgIpc) is 3.88. The molecule has 0 unspecified atom stereocenters. The Kier molecular flexibility index (Phi) is 6.35. The summed E-state index contributed by atoms with van der Waals surface area (Å²) in [5.74, 6) is -10.9. The SMILES string of the molecule is CC(=O)O[C@@H]1[C@@H]2[C@@H]([C@H]3[C@@H](O)[C@@H]4[C@@H]([C@@H](C)[C@H]5O[C@@]56OC(=O)[C@@](C)(O)[C@]46C)[C@@]3(C)[C@@H]1OC(C)=O)[C@H](O)C(=O)[C@H]1C[C@H]3O[C@H]3[C@H](OC(C)=O)[C@]21C. The van der Waals surface area contributed by atoms with Gasteiger partial charge in [-0.25, -0.2) is 4.79 Å². The van der Waals surface area contributed by atoms with Crippen LogP contribution in [0.1, 0.15) is 61.8 Å². The van der Waals surface area contributed by atoms with Gasteiger partial charge in [-0.3, -0.25) is 19.2 Å². The van der Waals surface area contributed by atoms with Crippen molar-refractivity contribution >= 4 is 29.7 Å². The van der Waals surface area contributed by atoms with Crippen molar-refractivity contribution in [2.24, 2.45) is 57.7 Å². The number of fused-ring (bicyclic) bond motifs is 9. The van der Waals surface area contributed by atoms with Crippen molar-refractivity contribution in [3.05, 3.63) is 0 Å². The van der Waals surface area contributed by atoms with Crippen LogP contribution < -0.4 is 0 Å². The summed E-state index contributed by atoms with van der Waals surface area (Å²) in [6.45, 7) is 12.1. The number of carbonyl (C=O) groups excluding carboxylic acids is 5. The lowest BCUT2D eigenvalue weighted by Gasteiger charge is -2.65. The van der Waals surface area contributed by atoms with Crippen molar-refractivity contribution in [3.8, 4) is 0 Å². The van der Waals surface area contributed by atoms with Gasteiger partial charge in [-0.15, -0.1) is 0 Å². The fraction of sp³-hybridized carbons (Fsp3) is 0.853. The highest BCUT2D eigenvalue weighted by molar-refractivity contribution is 5.88. The molecule has 14 heteroatoms. The molecule has 0 radical (unpaired) electrons. The minimum atomic E-state index is -2.11. The largest absolute Gasteiger partial charge is 0.459 e. The van der Waals surface area contributed by atoms with Crippen molar-refractivity contribution in [2.75, 3.05) is 0 Å². The highest BCUT2D eigenvalue weighted by Crippen LogP contribution is 2.80. The van der Waals surface area contributed by atoms with E-state index in [1.165, 1.54) is 27.7 Å². The standard InChI is InChI=1S/C34H44O14/c1-10-17-20(32(7)33(8,42)29(41)48-34(32)26(10)47-34)23(40)18-16-19(25(43-11(2)35)28(31(17,18)6)45-13(4)37)30(5)14(21(38)22(16)39)9-15-24(46-15)27(30)44-12(3)36/h10,14-20,22-28,39-40,42H,9H2,1-8H3/t10-,14-,15-,16-,17-,18+,19+,20+,22+,23-,24-,25-,26-,27+,28-,30+,31-,32+,33-,34-/m1/s1. The molecule has 5 saturated carbocycles. The molecule has 1 spiro atoms. The number of carbonyl (C=O) groups is 5. The lowest BCUT2D eigenvalue weighted by atomic mass is 9.41. The Hall–Kier alpha value is -2.65. The number of aliphatic hydroxyl groups excluding tert-OH is 2. The van der Waals surface area contributed by atoms with Gasteiger partial charge >= 0.3 is 23.9 Å². The van der Waals surface area contributed by atoms with Crippen LogP contribution in [0.2, 0.25) is 0 Å². The minimum absolute atomic E-state index is 0.234. The second-order valence-corrected chi connectivity index (χ2v) is 16.5. The minimum Gasteiger partial charge on any atom is -0.459 e. The van der Waals surface area contributed by atoms with Crippen LogP contribution in [0.3, 0.4) is 0 Å². The number of Topliss-reactive ketones (excluding diaryl/α,β-unsaturated/α-hetero) is 1. The number of aliphatic hydroxyl groups is 3. The molecule has 3 N–H and O–H groups in total. The quantitative estimate of drug-likeness (QED) is 0.205. The van der Waals surface area contributed by atoms with Gasteiger partial charge in [0.2, 0.25) is 5.79 Å². The lowest BCUT2D eigenvalue weighted by molar-refractivity contribution is -0.273. The van der Waals surface area contributed by atoms with Gasteiger partial charge in [0, 0.05) is 61.2 Å². The molecule has 0 aromatic heterocycles. The maximum atomic E-state index is 14.4. The first-order valence-electron chi connectivity index (χ1n) is 16.9. The second-order valence-electron chi connectivity index (χ2n) is 16.5. The smallest absolute Gasteiger partial charge is 0.341 e. The Labute approximate surface area is 277 Å². The van der Waals surface area contributed by atoms with Crippen LogP contribution in [0.4, 0.5) is 0 Å². The van der Waals surface area contributed by atoms with E-state index in [0.29, 0.717) is 0 Å². The van der Waals surface area contributed by atoms with Gasteiger partial charge in [0.1, 0.15) is 36.6 Å². The highest BCUT2D eigenvalue weighted by atomic mass is 16.8. The molecule has 3 heterocycles. The molecule has 0 aromatic rings. The number of epoxide rings is 2. The molecular weight excluding hydrogens is 632 g/mol. The molecule has 5 aliphatic carbocycles. The average molecular weight is 677 g/mol. The van der Waals surface area contributed by atoms with E-state index in [1.54, 1.807) is 20.8 Å². The summed E-state index contributed by atoms with van der Waals surface area (Å²) in [7, 11) is 0.